The lowest BCUT2D eigenvalue weighted by Gasteiger charge is -2.17. The van der Waals surface area contributed by atoms with Crippen molar-refractivity contribution < 1.29 is 13.2 Å². The summed E-state index contributed by atoms with van der Waals surface area (Å²) in [4.78, 5) is 14.0. The molecule has 0 spiro atoms. The van der Waals surface area contributed by atoms with Crippen LogP contribution in [-0.4, -0.2) is 37.4 Å². The second-order valence-electron chi connectivity index (χ2n) is 5.55. The molecule has 7 heteroatoms. The van der Waals surface area contributed by atoms with Crippen molar-refractivity contribution in [3.05, 3.63) is 18.0 Å². The Labute approximate surface area is 119 Å². The number of carbonyl (C=O) groups excluding carboxylic acids is 1. The van der Waals surface area contributed by atoms with E-state index in [1.165, 1.54) is 12.3 Å². The van der Waals surface area contributed by atoms with Gasteiger partial charge in [-0.15, -0.1) is 0 Å². The highest BCUT2D eigenvalue weighted by Crippen LogP contribution is 2.38. The molecule has 1 saturated carbocycles. The monoisotopic (exact) mass is 299 g/mol. The first kappa shape index (κ1) is 15.1. The molecule has 2 atom stereocenters. The molecule has 0 aromatic carbocycles. The van der Waals surface area contributed by atoms with Crippen molar-refractivity contribution in [3.8, 4) is 0 Å². The van der Waals surface area contributed by atoms with E-state index in [0.717, 1.165) is 6.42 Å². The number of amides is 1. The Morgan fingerprint density at radius 1 is 1.55 bits per heavy atom. The second kappa shape index (κ2) is 5.21. The minimum absolute atomic E-state index is 0.0177. The molecule has 2 unspecified atom stereocenters. The number of aryl methyl sites for hydroxylation is 1. The van der Waals surface area contributed by atoms with Crippen molar-refractivity contribution in [2.45, 2.75) is 31.7 Å². The van der Waals surface area contributed by atoms with Crippen LogP contribution in [0.25, 0.3) is 0 Å². The molecular weight excluding hydrogens is 278 g/mol. The zero-order chi connectivity index (χ0) is 15.1. The maximum Gasteiger partial charge on any atom is 0.270 e. The molecule has 1 aromatic heterocycles. The van der Waals surface area contributed by atoms with E-state index in [9.17, 15) is 13.2 Å². The van der Waals surface area contributed by atoms with Crippen LogP contribution in [-0.2, 0) is 16.6 Å². The van der Waals surface area contributed by atoms with Gasteiger partial charge >= 0.3 is 0 Å². The SMILES string of the molecule is CCn1cc(S(N)(=O)=O)cc1C(=O)N(C)CC1CC1C. The lowest BCUT2D eigenvalue weighted by molar-refractivity contribution is 0.0776. The Bertz CT molecular complexity index is 621. The zero-order valence-electron chi connectivity index (χ0n) is 12.0. The topological polar surface area (TPSA) is 85.4 Å². The third kappa shape index (κ3) is 3.04. The number of nitrogens with zero attached hydrogens (tertiary/aromatic N) is 2. The van der Waals surface area contributed by atoms with Crippen LogP contribution < -0.4 is 5.14 Å². The summed E-state index contributed by atoms with van der Waals surface area (Å²) >= 11 is 0. The molecule has 2 rings (SSSR count). The fourth-order valence-corrected chi connectivity index (χ4v) is 2.91. The van der Waals surface area contributed by atoms with Crippen molar-refractivity contribution in [2.24, 2.45) is 17.0 Å². The highest BCUT2D eigenvalue weighted by Gasteiger charge is 2.34. The summed E-state index contributed by atoms with van der Waals surface area (Å²) in [6.07, 6.45) is 2.56. The van der Waals surface area contributed by atoms with Crippen LogP contribution in [0.4, 0.5) is 0 Å². The van der Waals surface area contributed by atoms with Gasteiger partial charge in [0.2, 0.25) is 10.0 Å². The maximum atomic E-state index is 12.4. The molecule has 0 radical (unpaired) electrons. The van der Waals surface area contributed by atoms with E-state index in [1.807, 2.05) is 6.92 Å². The summed E-state index contributed by atoms with van der Waals surface area (Å²) in [5.74, 6) is 1.07. The van der Waals surface area contributed by atoms with Gasteiger partial charge in [-0.2, -0.15) is 0 Å². The van der Waals surface area contributed by atoms with Crippen LogP contribution in [0.5, 0.6) is 0 Å². The summed E-state index contributed by atoms with van der Waals surface area (Å²) in [5, 5.41) is 5.11. The first-order valence-corrected chi connectivity index (χ1v) is 8.27. The van der Waals surface area contributed by atoms with Gasteiger partial charge in [0.05, 0.1) is 0 Å². The predicted octanol–water partition coefficient (Wildman–Crippen LogP) is 0.883. The molecule has 0 saturated heterocycles. The molecule has 1 fully saturated rings. The van der Waals surface area contributed by atoms with E-state index in [0.29, 0.717) is 30.6 Å². The van der Waals surface area contributed by atoms with E-state index in [4.69, 9.17) is 5.14 Å². The van der Waals surface area contributed by atoms with Crippen molar-refractivity contribution in [2.75, 3.05) is 13.6 Å². The summed E-state index contributed by atoms with van der Waals surface area (Å²) in [6, 6.07) is 1.36. The van der Waals surface area contributed by atoms with Crippen LogP contribution in [0.2, 0.25) is 0 Å². The van der Waals surface area contributed by atoms with Crippen LogP contribution in [0.3, 0.4) is 0 Å². The molecule has 1 heterocycles. The van der Waals surface area contributed by atoms with Crippen molar-refractivity contribution >= 4 is 15.9 Å². The van der Waals surface area contributed by atoms with Crippen LogP contribution in [0.15, 0.2) is 17.2 Å². The van der Waals surface area contributed by atoms with Crippen molar-refractivity contribution in [3.63, 3.8) is 0 Å². The molecule has 6 nitrogen and oxygen atoms in total. The molecule has 1 amide bonds. The van der Waals surface area contributed by atoms with Crippen LogP contribution in [0.1, 0.15) is 30.8 Å². The minimum Gasteiger partial charge on any atom is -0.342 e. The molecule has 2 N–H and O–H groups in total. The summed E-state index contributed by atoms with van der Waals surface area (Å²) in [5.41, 5.74) is 0.368. The molecular formula is C13H21N3O3S. The number of nitrogens with two attached hydrogens (primary N) is 1. The average molecular weight is 299 g/mol. The van der Waals surface area contributed by atoms with E-state index in [2.05, 4.69) is 6.92 Å². The first-order valence-electron chi connectivity index (χ1n) is 6.72. The Kier molecular flexibility index (Phi) is 3.93. The largest absolute Gasteiger partial charge is 0.342 e. The van der Waals surface area contributed by atoms with Gasteiger partial charge in [-0.05, 0) is 31.2 Å². The third-order valence-corrected chi connectivity index (χ3v) is 4.77. The van der Waals surface area contributed by atoms with E-state index in [1.54, 1.807) is 16.5 Å². The summed E-state index contributed by atoms with van der Waals surface area (Å²) in [7, 11) is -2.04. The Balaban J connectivity index is 2.22. The van der Waals surface area contributed by atoms with Crippen molar-refractivity contribution in [1.82, 2.24) is 9.47 Å². The third-order valence-electron chi connectivity index (χ3n) is 3.89. The predicted molar refractivity (Wildman–Crippen MR) is 75.7 cm³/mol. The summed E-state index contributed by atoms with van der Waals surface area (Å²) < 4.78 is 24.4. The number of aromatic nitrogens is 1. The van der Waals surface area contributed by atoms with Gasteiger partial charge in [0.1, 0.15) is 10.6 Å². The van der Waals surface area contributed by atoms with Gasteiger partial charge in [-0.1, -0.05) is 6.92 Å². The number of hydrogen-bond acceptors (Lipinski definition) is 3. The number of sulfonamides is 1. The van der Waals surface area contributed by atoms with Gasteiger partial charge in [-0.25, -0.2) is 13.6 Å². The van der Waals surface area contributed by atoms with Crippen molar-refractivity contribution in [1.29, 1.82) is 0 Å². The molecule has 1 aromatic rings. The number of rotatable bonds is 5. The lowest BCUT2D eigenvalue weighted by Crippen LogP contribution is -2.30. The van der Waals surface area contributed by atoms with E-state index < -0.39 is 10.0 Å². The molecule has 0 bridgehead atoms. The first-order chi connectivity index (χ1) is 9.24. The van der Waals surface area contributed by atoms with Crippen LogP contribution >= 0.6 is 0 Å². The quantitative estimate of drug-likeness (QED) is 0.876. The molecule has 20 heavy (non-hydrogen) atoms. The van der Waals surface area contributed by atoms with Gasteiger partial charge in [0.25, 0.3) is 5.91 Å². The van der Waals surface area contributed by atoms with Gasteiger partial charge < -0.3 is 9.47 Å². The average Bonchev–Trinajstić information content (AvgIpc) is 2.90. The number of primary sulfonamides is 1. The highest BCUT2D eigenvalue weighted by molar-refractivity contribution is 7.89. The maximum absolute atomic E-state index is 12.4. The summed E-state index contributed by atoms with van der Waals surface area (Å²) in [6.45, 7) is 5.24. The van der Waals surface area contributed by atoms with E-state index >= 15 is 0 Å². The Hall–Kier alpha value is -1.34. The number of carbonyl (C=O) groups is 1. The normalized spacial score (nSPS) is 21.8. The molecule has 1 aliphatic carbocycles. The van der Waals surface area contributed by atoms with Crippen LogP contribution in [0, 0.1) is 11.8 Å². The Morgan fingerprint density at radius 2 is 2.15 bits per heavy atom. The smallest absolute Gasteiger partial charge is 0.270 e. The van der Waals surface area contributed by atoms with Gasteiger partial charge in [0.15, 0.2) is 0 Å². The fourth-order valence-electron chi connectivity index (χ4n) is 2.36. The zero-order valence-corrected chi connectivity index (χ0v) is 12.9. The van der Waals surface area contributed by atoms with Gasteiger partial charge in [-0.3, -0.25) is 4.79 Å². The molecule has 0 aliphatic heterocycles. The lowest BCUT2D eigenvalue weighted by atomic mass is 10.3. The number of hydrogen-bond donors (Lipinski definition) is 1. The molecule has 1 aliphatic rings. The van der Waals surface area contributed by atoms with Gasteiger partial charge in [0, 0.05) is 26.3 Å². The minimum atomic E-state index is -3.78. The molecule has 112 valence electrons. The standard InChI is InChI=1S/C13H21N3O3S/c1-4-16-8-11(20(14,18)19)6-12(16)13(17)15(3)7-10-5-9(10)2/h6,8-10H,4-5,7H2,1-3H3,(H2,14,18,19). The Morgan fingerprint density at radius 3 is 2.60 bits per heavy atom. The second-order valence-corrected chi connectivity index (χ2v) is 7.11. The van der Waals surface area contributed by atoms with E-state index in [-0.39, 0.29) is 10.8 Å². The highest BCUT2D eigenvalue weighted by atomic mass is 32.2. The fraction of sp³-hybridized carbons (Fsp3) is 0.615.